The summed E-state index contributed by atoms with van der Waals surface area (Å²) in [5.74, 6) is 1.77. The fourth-order valence-corrected chi connectivity index (χ4v) is 6.45. The molecule has 4 atom stereocenters. The summed E-state index contributed by atoms with van der Waals surface area (Å²) in [6.07, 6.45) is 9.09. The van der Waals surface area contributed by atoms with E-state index in [1.807, 2.05) is 0 Å². The van der Waals surface area contributed by atoms with Gasteiger partial charge >= 0.3 is 0 Å². The van der Waals surface area contributed by atoms with E-state index in [0.717, 1.165) is 31.7 Å². The normalized spacial score (nSPS) is 35.6. The lowest BCUT2D eigenvalue weighted by Gasteiger charge is -2.39. The molecule has 0 aromatic rings. The Bertz CT molecular complexity index is 393. The minimum absolute atomic E-state index is 0.128. The average molecular weight is 301 g/mol. The minimum Gasteiger partial charge on any atom is -0.313 e. The van der Waals surface area contributed by atoms with Crippen LogP contribution in [0.4, 0.5) is 0 Å². The van der Waals surface area contributed by atoms with Crippen LogP contribution < -0.4 is 5.32 Å². The van der Waals surface area contributed by atoms with E-state index in [2.05, 4.69) is 19.2 Å². The highest BCUT2D eigenvalue weighted by molar-refractivity contribution is 7.92. The third-order valence-electron chi connectivity index (χ3n) is 5.38. The maximum Gasteiger partial charge on any atom is 0.154 e. The van der Waals surface area contributed by atoms with E-state index in [0.29, 0.717) is 11.7 Å². The van der Waals surface area contributed by atoms with Crippen LogP contribution >= 0.6 is 0 Å². The van der Waals surface area contributed by atoms with Crippen LogP contribution in [-0.2, 0) is 9.84 Å². The first-order valence-electron chi connectivity index (χ1n) is 8.53. The molecular weight excluding hydrogens is 270 g/mol. The summed E-state index contributed by atoms with van der Waals surface area (Å²) in [4.78, 5) is 0. The molecule has 0 aromatic heterocycles. The van der Waals surface area contributed by atoms with Crippen molar-refractivity contribution in [2.24, 2.45) is 11.8 Å². The van der Waals surface area contributed by atoms with Crippen LogP contribution in [-0.4, -0.2) is 32.0 Å². The molecule has 1 aliphatic heterocycles. The Kier molecular flexibility index (Phi) is 5.91. The minimum atomic E-state index is -2.88. The number of nitrogens with one attached hydrogen (secondary N) is 1. The molecule has 0 aromatic carbocycles. The highest BCUT2D eigenvalue weighted by atomic mass is 32.2. The van der Waals surface area contributed by atoms with E-state index in [4.69, 9.17) is 0 Å². The predicted octanol–water partition coefficient (Wildman–Crippen LogP) is 3.15. The molecular formula is C16H31NO2S. The highest BCUT2D eigenvalue weighted by Gasteiger charge is 2.40. The van der Waals surface area contributed by atoms with E-state index in [1.54, 1.807) is 0 Å². The summed E-state index contributed by atoms with van der Waals surface area (Å²) in [5, 5.41) is 3.42. The van der Waals surface area contributed by atoms with Crippen molar-refractivity contribution in [3.8, 4) is 0 Å². The Balaban J connectivity index is 2.13. The van der Waals surface area contributed by atoms with Crippen LogP contribution in [0.25, 0.3) is 0 Å². The molecule has 20 heavy (non-hydrogen) atoms. The molecule has 4 unspecified atom stereocenters. The molecule has 1 aliphatic carbocycles. The molecule has 2 fully saturated rings. The first kappa shape index (κ1) is 16.3. The topological polar surface area (TPSA) is 46.2 Å². The zero-order chi connectivity index (χ0) is 14.6. The van der Waals surface area contributed by atoms with E-state index in [1.165, 1.54) is 32.1 Å². The quantitative estimate of drug-likeness (QED) is 0.848. The Hall–Kier alpha value is -0.0900. The second kappa shape index (κ2) is 7.26. The number of sulfone groups is 1. The van der Waals surface area contributed by atoms with Crippen LogP contribution in [0.2, 0.25) is 0 Å². The monoisotopic (exact) mass is 301 g/mol. The van der Waals surface area contributed by atoms with E-state index in [9.17, 15) is 8.42 Å². The number of hydrogen-bond donors (Lipinski definition) is 1. The van der Waals surface area contributed by atoms with Crippen molar-refractivity contribution in [2.45, 2.75) is 76.5 Å². The molecule has 3 nitrogen and oxygen atoms in total. The fraction of sp³-hybridized carbons (Fsp3) is 1.00. The smallest absolute Gasteiger partial charge is 0.154 e. The second-order valence-electron chi connectivity index (χ2n) is 6.69. The predicted molar refractivity (Wildman–Crippen MR) is 84.6 cm³/mol. The van der Waals surface area contributed by atoms with Crippen molar-refractivity contribution in [1.29, 1.82) is 0 Å². The summed E-state index contributed by atoms with van der Waals surface area (Å²) in [5.41, 5.74) is 0. The molecule has 1 N–H and O–H groups in total. The van der Waals surface area contributed by atoms with Crippen molar-refractivity contribution < 1.29 is 8.42 Å². The summed E-state index contributed by atoms with van der Waals surface area (Å²) >= 11 is 0. The van der Waals surface area contributed by atoms with Gasteiger partial charge in [-0.05, 0) is 44.1 Å². The molecule has 0 bridgehead atoms. The van der Waals surface area contributed by atoms with Crippen LogP contribution in [0.15, 0.2) is 0 Å². The van der Waals surface area contributed by atoms with E-state index in [-0.39, 0.29) is 11.3 Å². The third-order valence-corrected chi connectivity index (χ3v) is 7.69. The molecule has 0 spiro atoms. The molecule has 0 amide bonds. The number of rotatable bonds is 5. The van der Waals surface area contributed by atoms with Gasteiger partial charge in [0.2, 0.25) is 0 Å². The van der Waals surface area contributed by atoms with Gasteiger partial charge in [-0.15, -0.1) is 0 Å². The molecule has 4 heteroatoms. The number of hydrogen-bond acceptors (Lipinski definition) is 3. The molecule has 0 radical (unpaired) electrons. The van der Waals surface area contributed by atoms with Gasteiger partial charge in [0.15, 0.2) is 9.84 Å². The molecule has 1 saturated heterocycles. The Labute approximate surface area is 124 Å². The third kappa shape index (κ3) is 3.76. The molecule has 118 valence electrons. The lowest BCUT2D eigenvalue weighted by Crippen LogP contribution is -2.51. The van der Waals surface area contributed by atoms with Gasteiger partial charge in [0, 0.05) is 6.04 Å². The van der Waals surface area contributed by atoms with Gasteiger partial charge in [-0.25, -0.2) is 8.42 Å². The first-order chi connectivity index (χ1) is 9.58. The van der Waals surface area contributed by atoms with Crippen molar-refractivity contribution in [1.82, 2.24) is 5.32 Å². The van der Waals surface area contributed by atoms with Crippen molar-refractivity contribution >= 4 is 9.84 Å². The molecule has 2 rings (SSSR count). The summed E-state index contributed by atoms with van der Waals surface area (Å²) in [6, 6.07) is 0.194. The maximum absolute atomic E-state index is 12.5. The lowest BCUT2D eigenvalue weighted by molar-refractivity contribution is 0.201. The van der Waals surface area contributed by atoms with Gasteiger partial charge in [0.1, 0.15) is 0 Å². The van der Waals surface area contributed by atoms with Crippen molar-refractivity contribution in [3.63, 3.8) is 0 Å². The Morgan fingerprint density at radius 3 is 2.55 bits per heavy atom. The zero-order valence-corrected chi connectivity index (χ0v) is 13.9. The van der Waals surface area contributed by atoms with Crippen LogP contribution in [0.1, 0.15) is 65.2 Å². The Morgan fingerprint density at radius 2 is 1.90 bits per heavy atom. The van der Waals surface area contributed by atoms with Gasteiger partial charge in [0.25, 0.3) is 0 Å². The standard InChI is InChI=1S/C16H31NO2S/c1-3-13-8-7-9-14(12-13)16(17-4-2)15-10-5-6-11-20(15,18)19/h13-17H,3-12H2,1-2H3. The molecule has 1 heterocycles. The van der Waals surface area contributed by atoms with Gasteiger partial charge in [-0.1, -0.05) is 39.5 Å². The summed E-state index contributed by atoms with van der Waals surface area (Å²) in [6.45, 7) is 5.25. The van der Waals surface area contributed by atoms with Crippen LogP contribution in [0.3, 0.4) is 0 Å². The largest absolute Gasteiger partial charge is 0.313 e. The van der Waals surface area contributed by atoms with Crippen molar-refractivity contribution in [2.75, 3.05) is 12.3 Å². The average Bonchev–Trinajstić information content (AvgIpc) is 2.45. The lowest BCUT2D eigenvalue weighted by atomic mass is 9.75. The van der Waals surface area contributed by atoms with Crippen molar-refractivity contribution in [3.05, 3.63) is 0 Å². The Morgan fingerprint density at radius 1 is 1.10 bits per heavy atom. The van der Waals surface area contributed by atoms with E-state index >= 15 is 0 Å². The van der Waals surface area contributed by atoms with Crippen LogP contribution in [0.5, 0.6) is 0 Å². The second-order valence-corrected chi connectivity index (χ2v) is 9.03. The molecule has 2 aliphatic rings. The van der Waals surface area contributed by atoms with Gasteiger partial charge in [0.05, 0.1) is 11.0 Å². The highest BCUT2D eigenvalue weighted by Crippen LogP contribution is 2.36. The van der Waals surface area contributed by atoms with Crippen LogP contribution in [0, 0.1) is 11.8 Å². The molecule has 1 saturated carbocycles. The zero-order valence-electron chi connectivity index (χ0n) is 13.1. The van der Waals surface area contributed by atoms with Gasteiger partial charge in [-0.2, -0.15) is 0 Å². The van der Waals surface area contributed by atoms with E-state index < -0.39 is 9.84 Å². The van der Waals surface area contributed by atoms with Gasteiger partial charge in [-0.3, -0.25) is 0 Å². The summed E-state index contributed by atoms with van der Waals surface area (Å²) in [7, 11) is -2.88. The SMILES string of the molecule is CCNC(C1CCCC(CC)C1)C1CCCCS1(=O)=O. The fourth-order valence-electron chi connectivity index (χ4n) is 4.25. The maximum atomic E-state index is 12.5. The first-order valence-corrected chi connectivity index (χ1v) is 10.2. The summed E-state index contributed by atoms with van der Waals surface area (Å²) < 4.78 is 24.9. The van der Waals surface area contributed by atoms with Gasteiger partial charge < -0.3 is 5.32 Å².